The van der Waals surface area contributed by atoms with Gasteiger partial charge in [-0.25, -0.2) is 4.79 Å². The van der Waals surface area contributed by atoms with Crippen molar-refractivity contribution in [3.63, 3.8) is 0 Å². The van der Waals surface area contributed by atoms with Crippen molar-refractivity contribution in [1.82, 2.24) is 16.0 Å². The molecule has 0 bridgehead atoms. The number of aliphatic hydroxyl groups excluding tert-OH is 1. The van der Waals surface area contributed by atoms with Crippen molar-refractivity contribution >= 4 is 41.5 Å². The predicted octanol–water partition coefficient (Wildman–Crippen LogP) is -5.15. The average Bonchev–Trinajstić information content (AvgIpc) is 2.71. The van der Waals surface area contributed by atoms with Crippen LogP contribution in [0.1, 0.15) is 32.1 Å². The Kier molecular flexibility index (Phi) is 12.7. The number of nitrogens with two attached hydrogens (primary N) is 3. The number of amides is 5. The van der Waals surface area contributed by atoms with Gasteiger partial charge in [0.15, 0.2) is 0 Å². The van der Waals surface area contributed by atoms with Gasteiger partial charge in [-0.1, -0.05) is 0 Å². The molecule has 0 aliphatic carbocycles. The summed E-state index contributed by atoms with van der Waals surface area (Å²) in [5, 5.41) is 32.8. The van der Waals surface area contributed by atoms with E-state index in [0.29, 0.717) is 0 Å². The Morgan fingerprint density at radius 1 is 0.697 bits per heavy atom. The van der Waals surface area contributed by atoms with E-state index >= 15 is 0 Å². The summed E-state index contributed by atoms with van der Waals surface area (Å²) in [6.07, 6.45) is -2.15. The molecule has 0 aromatic rings. The van der Waals surface area contributed by atoms with Crippen LogP contribution in [0, 0.1) is 0 Å². The van der Waals surface area contributed by atoms with E-state index < -0.39 is 85.1 Å². The molecule has 0 radical (unpaired) electrons. The van der Waals surface area contributed by atoms with Crippen LogP contribution in [0.2, 0.25) is 0 Å². The van der Waals surface area contributed by atoms with Gasteiger partial charge >= 0.3 is 11.9 Å². The molecule has 0 saturated heterocycles. The van der Waals surface area contributed by atoms with Gasteiger partial charge in [-0.2, -0.15) is 0 Å². The van der Waals surface area contributed by atoms with Crippen LogP contribution in [0.15, 0.2) is 0 Å². The first-order chi connectivity index (χ1) is 15.3. The average molecular weight is 476 g/mol. The number of rotatable bonds is 16. The van der Waals surface area contributed by atoms with Gasteiger partial charge in [-0.05, 0) is 12.8 Å². The van der Waals surface area contributed by atoms with Crippen LogP contribution < -0.4 is 33.2 Å². The topological polar surface area (TPSA) is 294 Å². The maximum Gasteiger partial charge on any atom is 0.328 e. The van der Waals surface area contributed by atoms with Gasteiger partial charge in [0.25, 0.3) is 0 Å². The Balaban J connectivity index is 5.48. The van der Waals surface area contributed by atoms with Crippen molar-refractivity contribution in [3.8, 4) is 0 Å². The van der Waals surface area contributed by atoms with Crippen LogP contribution in [-0.2, 0) is 33.6 Å². The molecule has 0 aromatic carbocycles. The maximum atomic E-state index is 12.7. The van der Waals surface area contributed by atoms with Crippen molar-refractivity contribution in [3.05, 3.63) is 0 Å². The van der Waals surface area contributed by atoms with Gasteiger partial charge in [0.05, 0.1) is 19.1 Å². The Morgan fingerprint density at radius 2 is 1.21 bits per heavy atom. The van der Waals surface area contributed by atoms with E-state index in [0.717, 1.165) is 0 Å². The van der Waals surface area contributed by atoms with Crippen molar-refractivity contribution in [2.24, 2.45) is 17.2 Å². The van der Waals surface area contributed by atoms with E-state index in [1.54, 1.807) is 0 Å². The summed E-state index contributed by atoms with van der Waals surface area (Å²) in [5.74, 6) is -7.81. The van der Waals surface area contributed by atoms with Crippen LogP contribution in [-0.4, -0.2) is 87.6 Å². The Labute approximate surface area is 187 Å². The van der Waals surface area contributed by atoms with Crippen molar-refractivity contribution in [1.29, 1.82) is 0 Å². The number of carbonyl (C=O) groups excluding carboxylic acids is 5. The first-order valence-electron chi connectivity index (χ1n) is 9.57. The minimum Gasteiger partial charge on any atom is -0.481 e. The van der Waals surface area contributed by atoms with E-state index in [4.69, 9.17) is 32.5 Å². The number of primary amides is 2. The molecule has 186 valence electrons. The quantitative estimate of drug-likeness (QED) is 0.101. The summed E-state index contributed by atoms with van der Waals surface area (Å²) in [4.78, 5) is 81.2. The number of aliphatic hydroxyl groups is 1. The molecular formula is C17H28N6O10. The Bertz CT molecular complexity index is 773. The molecule has 0 aliphatic rings. The van der Waals surface area contributed by atoms with E-state index in [1.807, 2.05) is 5.32 Å². The molecular weight excluding hydrogens is 448 g/mol. The lowest BCUT2D eigenvalue weighted by Gasteiger charge is -2.24. The van der Waals surface area contributed by atoms with Gasteiger partial charge in [0.2, 0.25) is 29.5 Å². The normalized spacial score (nSPS) is 14.1. The zero-order chi connectivity index (χ0) is 25.7. The number of hydrogen-bond acceptors (Lipinski definition) is 9. The summed E-state index contributed by atoms with van der Waals surface area (Å²) >= 11 is 0. The van der Waals surface area contributed by atoms with Crippen molar-refractivity contribution in [2.45, 2.75) is 56.3 Å². The molecule has 0 fully saturated rings. The number of carbonyl (C=O) groups is 7. The van der Waals surface area contributed by atoms with Crippen LogP contribution in [0.5, 0.6) is 0 Å². The third-order valence-corrected chi connectivity index (χ3v) is 4.15. The molecule has 0 heterocycles. The van der Waals surface area contributed by atoms with E-state index in [9.17, 15) is 33.6 Å². The largest absolute Gasteiger partial charge is 0.481 e. The maximum absolute atomic E-state index is 12.7. The van der Waals surface area contributed by atoms with Crippen molar-refractivity contribution in [2.75, 3.05) is 6.61 Å². The molecule has 0 spiro atoms. The molecule has 12 N–H and O–H groups in total. The van der Waals surface area contributed by atoms with E-state index in [-0.39, 0.29) is 19.3 Å². The highest BCUT2D eigenvalue weighted by Crippen LogP contribution is 2.03. The zero-order valence-corrected chi connectivity index (χ0v) is 17.5. The highest BCUT2D eigenvalue weighted by atomic mass is 16.4. The molecule has 0 saturated carbocycles. The lowest BCUT2D eigenvalue weighted by Crippen LogP contribution is -2.58. The van der Waals surface area contributed by atoms with Crippen LogP contribution in [0.25, 0.3) is 0 Å². The number of hydrogen-bond donors (Lipinski definition) is 9. The minimum absolute atomic E-state index is 0.254. The van der Waals surface area contributed by atoms with Crippen LogP contribution >= 0.6 is 0 Å². The van der Waals surface area contributed by atoms with Gasteiger partial charge in [-0.3, -0.25) is 28.8 Å². The number of aliphatic carboxylic acids is 2. The lowest BCUT2D eigenvalue weighted by atomic mass is 10.1. The standard InChI is InChI=1S/C17H28N6O10/c18-7(1-4-13(27)28)14(29)21-8(2-3-11(19)25)15(30)22-9(5-12(20)26)16(31)23-10(6-24)17(32)33/h7-10,24H,1-6,18H2,(H2,19,25)(H2,20,26)(H,21,29)(H,22,30)(H,23,31)(H,27,28)(H,32,33). The molecule has 0 aliphatic heterocycles. The number of carboxylic acids is 2. The summed E-state index contributed by atoms with van der Waals surface area (Å²) in [5.41, 5.74) is 15.7. The summed E-state index contributed by atoms with van der Waals surface area (Å²) in [6.45, 7) is -0.982. The first kappa shape index (κ1) is 29.2. The summed E-state index contributed by atoms with van der Waals surface area (Å²) < 4.78 is 0. The fourth-order valence-electron chi connectivity index (χ4n) is 2.38. The third-order valence-electron chi connectivity index (χ3n) is 4.15. The highest BCUT2D eigenvalue weighted by molar-refractivity contribution is 5.96. The second-order valence-corrected chi connectivity index (χ2v) is 6.92. The van der Waals surface area contributed by atoms with Gasteiger partial charge in [0, 0.05) is 12.8 Å². The summed E-state index contributed by atoms with van der Waals surface area (Å²) in [6, 6.07) is -6.20. The second kappa shape index (κ2) is 14.3. The number of carboxylic acid groups (broad SMARTS) is 2. The van der Waals surface area contributed by atoms with Crippen LogP contribution in [0.3, 0.4) is 0 Å². The molecule has 33 heavy (non-hydrogen) atoms. The molecule has 0 rings (SSSR count). The summed E-state index contributed by atoms with van der Waals surface area (Å²) in [7, 11) is 0. The van der Waals surface area contributed by atoms with Crippen LogP contribution in [0.4, 0.5) is 0 Å². The van der Waals surface area contributed by atoms with Crippen molar-refractivity contribution < 1.29 is 48.9 Å². The zero-order valence-electron chi connectivity index (χ0n) is 17.5. The number of nitrogens with one attached hydrogen (secondary N) is 3. The Hall–Kier alpha value is -3.79. The van der Waals surface area contributed by atoms with Gasteiger partial charge in [0.1, 0.15) is 18.1 Å². The second-order valence-electron chi connectivity index (χ2n) is 6.92. The molecule has 16 heteroatoms. The first-order valence-corrected chi connectivity index (χ1v) is 9.57. The highest BCUT2D eigenvalue weighted by Gasteiger charge is 2.31. The predicted molar refractivity (Wildman–Crippen MR) is 108 cm³/mol. The SMILES string of the molecule is NC(=O)CCC(NC(=O)C(N)CCC(=O)O)C(=O)NC(CC(N)=O)C(=O)NC(CO)C(=O)O. The van der Waals surface area contributed by atoms with Gasteiger partial charge in [-0.15, -0.1) is 0 Å². The monoisotopic (exact) mass is 476 g/mol. The van der Waals surface area contributed by atoms with Gasteiger partial charge < -0.3 is 48.5 Å². The lowest BCUT2D eigenvalue weighted by molar-refractivity contribution is -0.143. The minimum atomic E-state index is -1.73. The molecule has 4 atom stereocenters. The smallest absolute Gasteiger partial charge is 0.328 e. The van der Waals surface area contributed by atoms with E-state index in [2.05, 4.69) is 10.6 Å². The third kappa shape index (κ3) is 12.0. The molecule has 4 unspecified atom stereocenters. The molecule has 16 nitrogen and oxygen atoms in total. The van der Waals surface area contributed by atoms with E-state index in [1.165, 1.54) is 0 Å². The Morgan fingerprint density at radius 3 is 1.67 bits per heavy atom. The molecule has 5 amide bonds. The molecule has 0 aromatic heterocycles. The fraction of sp³-hybridized carbons (Fsp3) is 0.588. The fourth-order valence-corrected chi connectivity index (χ4v) is 2.38.